The molecule has 0 radical (unpaired) electrons. The maximum Gasteiger partial charge on any atom is 0.00473 e. The zero-order chi connectivity index (χ0) is 9.02. The monoisotopic (exact) mass is 174 g/mol. The highest BCUT2D eigenvalue weighted by atomic mass is 32.1. The predicted molar refractivity (Wildman–Crippen MR) is 56.2 cm³/mol. The first-order valence-corrected chi connectivity index (χ1v) is 5.20. The normalized spacial score (nSPS) is 15.0. The van der Waals surface area contributed by atoms with Crippen molar-refractivity contribution in [2.45, 2.75) is 46.3 Å². The minimum atomic E-state index is 0.579. The van der Waals surface area contributed by atoms with Crippen molar-refractivity contribution in [3.63, 3.8) is 0 Å². The number of thiol groups is 1. The van der Waals surface area contributed by atoms with E-state index in [2.05, 4.69) is 47.2 Å². The fraction of sp³-hybridized carbons (Fsp3) is 1.00. The van der Waals surface area contributed by atoms with Gasteiger partial charge < -0.3 is 0 Å². The third kappa shape index (κ3) is 3.50. The minimum absolute atomic E-state index is 0.579. The molecular formula is C10H22S. The van der Waals surface area contributed by atoms with Crippen molar-refractivity contribution in [3.8, 4) is 0 Å². The van der Waals surface area contributed by atoms with Crippen molar-refractivity contribution in [1.29, 1.82) is 0 Å². The van der Waals surface area contributed by atoms with Gasteiger partial charge in [-0.1, -0.05) is 34.6 Å². The molecular weight excluding hydrogens is 152 g/mol. The van der Waals surface area contributed by atoms with Crippen molar-refractivity contribution in [3.05, 3.63) is 0 Å². The highest BCUT2D eigenvalue weighted by Gasteiger charge is 2.22. The van der Waals surface area contributed by atoms with Crippen molar-refractivity contribution in [2.24, 2.45) is 17.8 Å². The van der Waals surface area contributed by atoms with Gasteiger partial charge in [0.15, 0.2) is 0 Å². The van der Waals surface area contributed by atoms with Crippen molar-refractivity contribution in [1.82, 2.24) is 0 Å². The van der Waals surface area contributed by atoms with Crippen LogP contribution in [0, 0.1) is 17.8 Å². The third-order valence-corrected chi connectivity index (χ3v) is 3.11. The zero-order valence-corrected chi connectivity index (χ0v) is 9.36. The van der Waals surface area contributed by atoms with Crippen LogP contribution < -0.4 is 0 Å². The summed E-state index contributed by atoms with van der Waals surface area (Å²) >= 11 is 4.60. The number of rotatable bonds is 4. The SMILES string of the molecule is CCC(S)C(C(C)C)C(C)C. The lowest BCUT2D eigenvalue weighted by atomic mass is 9.82. The quantitative estimate of drug-likeness (QED) is 0.618. The summed E-state index contributed by atoms with van der Waals surface area (Å²) in [4.78, 5) is 0. The molecule has 0 aromatic rings. The highest BCUT2D eigenvalue weighted by Crippen LogP contribution is 2.28. The van der Waals surface area contributed by atoms with Crippen LogP contribution in [-0.4, -0.2) is 5.25 Å². The summed E-state index contributed by atoms with van der Waals surface area (Å²) in [6, 6.07) is 0. The van der Waals surface area contributed by atoms with Gasteiger partial charge in [-0.3, -0.25) is 0 Å². The fourth-order valence-electron chi connectivity index (χ4n) is 1.93. The maximum atomic E-state index is 4.60. The highest BCUT2D eigenvalue weighted by molar-refractivity contribution is 7.81. The first-order chi connectivity index (χ1) is 5.00. The molecule has 0 aromatic carbocycles. The molecule has 0 fully saturated rings. The lowest BCUT2D eigenvalue weighted by molar-refractivity contribution is 0.277. The first-order valence-electron chi connectivity index (χ1n) is 4.68. The van der Waals surface area contributed by atoms with E-state index >= 15 is 0 Å². The van der Waals surface area contributed by atoms with Crippen LogP contribution in [0.5, 0.6) is 0 Å². The van der Waals surface area contributed by atoms with Crippen LogP contribution in [0.25, 0.3) is 0 Å². The molecule has 1 heteroatoms. The van der Waals surface area contributed by atoms with E-state index in [1.807, 2.05) is 0 Å². The summed E-state index contributed by atoms with van der Waals surface area (Å²) in [5.74, 6) is 2.29. The van der Waals surface area contributed by atoms with Gasteiger partial charge in [0.1, 0.15) is 0 Å². The Kier molecular flexibility index (Phi) is 5.24. The molecule has 0 nitrogen and oxygen atoms in total. The largest absolute Gasteiger partial charge is 0.176 e. The van der Waals surface area contributed by atoms with Crippen LogP contribution in [0.1, 0.15) is 41.0 Å². The Morgan fingerprint density at radius 2 is 1.36 bits per heavy atom. The number of hydrogen-bond donors (Lipinski definition) is 1. The molecule has 0 spiro atoms. The molecule has 0 heterocycles. The van der Waals surface area contributed by atoms with Gasteiger partial charge in [-0.2, -0.15) is 12.6 Å². The number of hydrogen-bond acceptors (Lipinski definition) is 1. The Morgan fingerprint density at radius 3 is 1.45 bits per heavy atom. The Labute approximate surface area is 77.2 Å². The standard InChI is InChI=1S/C10H22S/c1-6-9(11)10(7(2)3)8(4)5/h7-11H,6H2,1-5H3. The average Bonchev–Trinajstić information content (AvgIpc) is 1.85. The fourth-order valence-corrected chi connectivity index (χ4v) is 2.62. The summed E-state index contributed by atoms with van der Waals surface area (Å²) < 4.78 is 0. The second-order valence-corrected chi connectivity index (χ2v) is 4.70. The van der Waals surface area contributed by atoms with Crippen LogP contribution >= 0.6 is 12.6 Å². The summed E-state index contributed by atoms with van der Waals surface area (Å²) in [7, 11) is 0. The molecule has 1 unspecified atom stereocenters. The molecule has 11 heavy (non-hydrogen) atoms. The first kappa shape index (κ1) is 11.4. The molecule has 0 rings (SSSR count). The van der Waals surface area contributed by atoms with Gasteiger partial charge >= 0.3 is 0 Å². The van der Waals surface area contributed by atoms with Gasteiger partial charge in [0.2, 0.25) is 0 Å². The Bertz CT molecular complexity index is 89.0. The molecule has 0 aliphatic heterocycles. The summed E-state index contributed by atoms with van der Waals surface area (Å²) in [6.07, 6.45) is 1.18. The van der Waals surface area contributed by atoms with E-state index in [0.717, 1.165) is 17.8 Å². The van der Waals surface area contributed by atoms with E-state index in [-0.39, 0.29) is 0 Å². The molecule has 68 valence electrons. The van der Waals surface area contributed by atoms with E-state index in [1.165, 1.54) is 6.42 Å². The van der Waals surface area contributed by atoms with E-state index in [9.17, 15) is 0 Å². The second-order valence-electron chi connectivity index (χ2n) is 4.04. The topological polar surface area (TPSA) is 0 Å². The van der Waals surface area contributed by atoms with Gasteiger partial charge in [0.05, 0.1) is 0 Å². The van der Waals surface area contributed by atoms with Gasteiger partial charge in [-0.15, -0.1) is 0 Å². The Balaban J connectivity index is 4.09. The van der Waals surface area contributed by atoms with Crippen LogP contribution in [0.4, 0.5) is 0 Å². The molecule has 1 atom stereocenters. The maximum absolute atomic E-state index is 4.60. The summed E-state index contributed by atoms with van der Waals surface area (Å²) in [6.45, 7) is 11.4. The van der Waals surface area contributed by atoms with Gasteiger partial charge in [0, 0.05) is 5.25 Å². The van der Waals surface area contributed by atoms with Crippen LogP contribution in [0.2, 0.25) is 0 Å². The summed E-state index contributed by atoms with van der Waals surface area (Å²) in [5, 5.41) is 0.579. The summed E-state index contributed by atoms with van der Waals surface area (Å²) in [5.41, 5.74) is 0. The average molecular weight is 174 g/mol. The third-order valence-electron chi connectivity index (χ3n) is 2.40. The van der Waals surface area contributed by atoms with Crippen LogP contribution in [0.3, 0.4) is 0 Å². The molecule has 0 saturated heterocycles. The Hall–Kier alpha value is 0.350. The molecule has 0 N–H and O–H groups in total. The zero-order valence-electron chi connectivity index (χ0n) is 8.46. The van der Waals surface area contributed by atoms with Crippen molar-refractivity contribution < 1.29 is 0 Å². The van der Waals surface area contributed by atoms with E-state index in [4.69, 9.17) is 0 Å². The lowest BCUT2D eigenvalue weighted by Crippen LogP contribution is -2.25. The van der Waals surface area contributed by atoms with E-state index in [0.29, 0.717) is 5.25 Å². The van der Waals surface area contributed by atoms with Crippen LogP contribution in [-0.2, 0) is 0 Å². The Morgan fingerprint density at radius 1 is 1.00 bits per heavy atom. The molecule has 0 aliphatic carbocycles. The molecule has 0 bridgehead atoms. The van der Waals surface area contributed by atoms with Gasteiger partial charge in [-0.25, -0.2) is 0 Å². The van der Waals surface area contributed by atoms with E-state index < -0.39 is 0 Å². The van der Waals surface area contributed by atoms with Crippen molar-refractivity contribution >= 4 is 12.6 Å². The van der Waals surface area contributed by atoms with E-state index in [1.54, 1.807) is 0 Å². The molecule has 0 saturated carbocycles. The molecule has 0 aromatic heterocycles. The second kappa shape index (κ2) is 5.08. The predicted octanol–water partition coefficient (Wildman–Crippen LogP) is 3.62. The van der Waals surface area contributed by atoms with Crippen molar-refractivity contribution in [2.75, 3.05) is 0 Å². The van der Waals surface area contributed by atoms with Crippen LogP contribution in [0.15, 0.2) is 0 Å². The smallest absolute Gasteiger partial charge is 0.00473 e. The molecule has 0 amide bonds. The van der Waals surface area contributed by atoms with Gasteiger partial charge in [0.25, 0.3) is 0 Å². The minimum Gasteiger partial charge on any atom is -0.176 e. The molecule has 0 aliphatic rings. The van der Waals surface area contributed by atoms with Gasteiger partial charge in [-0.05, 0) is 24.2 Å². The lowest BCUT2D eigenvalue weighted by Gasteiger charge is -2.29.